The molecular weight excluding hydrogens is 222 g/mol. The summed E-state index contributed by atoms with van der Waals surface area (Å²) in [5.74, 6) is -0.854. The first-order chi connectivity index (χ1) is 7.58. The van der Waals surface area contributed by atoms with Crippen molar-refractivity contribution in [2.75, 3.05) is 6.26 Å². The van der Waals surface area contributed by atoms with Gasteiger partial charge in [-0.2, -0.15) is 11.8 Å². The Morgan fingerprint density at radius 3 is 2.56 bits per heavy atom. The molecule has 1 N–H and O–H groups in total. The Morgan fingerprint density at radius 2 is 2.12 bits per heavy atom. The van der Waals surface area contributed by atoms with Crippen molar-refractivity contribution in [3.8, 4) is 0 Å². The lowest BCUT2D eigenvalue weighted by Crippen LogP contribution is -2.30. The molecule has 4 heteroatoms. The van der Waals surface area contributed by atoms with Crippen LogP contribution in [0.25, 0.3) is 0 Å². The molecule has 0 unspecified atom stereocenters. The van der Waals surface area contributed by atoms with Crippen LogP contribution in [0.4, 0.5) is 0 Å². The van der Waals surface area contributed by atoms with Crippen LogP contribution in [0.3, 0.4) is 0 Å². The van der Waals surface area contributed by atoms with Crippen LogP contribution in [0.1, 0.15) is 37.2 Å². The molecule has 1 aromatic heterocycles. The number of thioether (sulfide) groups is 1. The van der Waals surface area contributed by atoms with Crippen molar-refractivity contribution in [3.63, 3.8) is 0 Å². The van der Waals surface area contributed by atoms with Gasteiger partial charge in [0.1, 0.15) is 5.69 Å². The average Bonchev–Trinajstić information content (AvgIpc) is 2.74. The molecule has 0 aliphatic rings. The molecular formula is C12H19NO2S. The summed E-state index contributed by atoms with van der Waals surface area (Å²) >= 11 is 1.82. The highest BCUT2D eigenvalue weighted by molar-refractivity contribution is 8.00. The molecule has 3 nitrogen and oxygen atoms in total. The Morgan fingerprint density at radius 1 is 1.50 bits per heavy atom. The van der Waals surface area contributed by atoms with Crippen LogP contribution in [0, 0.1) is 0 Å². The second-order valence-electron chi connectivity index (χ2n) is 3.92. The number of carbonyl (C=O) groups is 1. The van der Waals surface area contributed by atoms with E-state index in [-0.39, 0.29) is 4.75 Å². The van der Waals surface area contributed by atoms with E-state index in [4.69, 9.17) is 5.11 Å². The van der Waals surface area contributed by atoms with Gasteiger partial charge in [0.05, 0.1) is 0 Å². The molecule has 0 aliphatic carbocycles. The van der Waals surface area contributed by atoms with E-state index in [2.05, 4.69) is 20.1 Å². The molecule has 0 spiro atoms. The summed E-state index contributed by atoms with van der Waals surface area (Å²) in [6.07, 6.45) is 6.03. The van der Waals surface area contributed by atoms with E-state index < -0.39 is 5.97 Å². The molecule has 0 atom stereocenters. The zero-order valence-corrected chi connectivity index (χ0v) is 10.9. The van der Waals surface area contributed by atoms with Crippen LogP contribution < -0.4 is 0 Å². The SMILES string of the molecule is CCC(CC)(Cn1cccc1C(=O)O)SC. The third kappa shape index (κ3) is 2.61. The number of hydrogen-bond donors (Lipinski definition) is 1. The van der Waals surface area contributed by atoms with Crippen LogP contribution in [-0.2, 0) is 6.54 Å². The predicted octanol–water partition coefficient (Wildman–Crippen LogP) is 3.11. The van der Waals surface area contributed by atoms with Crippen molar-refractivity contribution in [1.82, 2.24) is 4.57 Å². The molecule has 0 aliphatic heterocycles. The fourth-order valence-corrected chi connectivity index (χ4v) is 2.73. The van der Waals surface area contributed by atoms with Crippen molar-refractivity contribution >= 4 is 17.7 Å². The molecule has 90 valence electrons. The largest absolute Gasteiger partial charge is 0.477 e. The van der Waals surface area contributed by atoms with Crippen LogP contribution in [0.5, 0.6) is 0 Å². The quantitative estimate of drug-likeness (QED) is 0.832. The van der Waals surface area contributed by atoms with E-state index in [9.17, 15) is 4.79 Å². The molecule has 1 heterocycles. The van der Waals surface area contributed by atoms with Gasteiger partial charge < -0.3 is 9.67 Å². The Labute approximate surface area is 101 Å². The monoisotopic (exact) mass is 241 g/mol. The summed E-state index contributed by atoms with van der Waals surface area (Å²) in [6, 6.07) is 3.44. The first-order valence-corrected chi connectivity index (χ1v) is 6.74. The molecule has 0 fully saturated rings. The Balaban J connectivity index is 2.93. The molecule has 1 rings (SSSR count). The lowest BCUT2D eigenvalue weighted by molar-refractivity contribution is 0.0684. The summed E-state index contributed by atoms with van der Waals surface area (Å²) in [4.78, 5) is 11.0. The smallest absolute Gasteiger partial charge is 0.352 e. The third-order valence-electron chi connectivity index (χ3n) is 3.23. The maximum Gasteiger partial charge on any atom is 0.352 e. The Hall–Kier alpha value is -0.900. The molecule has 0 radical (unpaired) electrons. The molecule has 16 heavy (non-hydrogen) atoms. The second kappa shape index (κ2) is 5.43. The van der Waals surface area contributed by atoms with E-state index in [1.807, 2.05) is 22.5 Å². The molecule has 0 amide bonds. The fourth-order valence-electron chi connectivity index (χ4n) is 1.88. The minimum atomic E-state index is -0.854. The van der Waals surface area contributed by atoms with Gasteiger partial charge in [-0.05, 0) is 31.2 Å². The van der Waals surface area contributed by atoms with Gasteiger partial charge >= 0.3 is 5.97 Å². The first kappa shape index (κ1) is 13.2. The van der Waals surface area contributed by atoms with E-state index in [1.54, 1.807) is 12.1 Å². The number of hydrogen-bond acceptors (Lipinski definition) is 2. The standard InChI is InChI=1S/C12H19NO2S/c1-4-12(5-2,16-3)9-13-8-6-7-10(13)11(14)15/h6-8H,4-5,9H2,1-3H3,(H,14,15). The fraction of sp³-hybridized carbons (Fsp3) is 0.583. The number of rotatable bonds is 6. The van der Waals surface area contributed by atoms with E-state index in [1.165, 1.54) is 0 Å². The van der Waals surface area contributed by atoms with Gasteiger partial charge in [0.15, 0.2) is 0 Å². The highest BCUT2D eigenvalue weighted by Gasteiger charge is 2.26. The molecule has 0 bridgehead atoms. The van der Waals surface area contributed by atoms with Gasteiger partial charge in [-0.15, -0.1) is 0 Å². The Bertz CT molecular complexity index is 347. The maximum absolute atomic E-state index is 11.0. The average molecular weight is 241 g/mol. The van der Waals surface area contributed by atoms with Crippen molar-refractivity contribution in [3.05, 3.63) is 24.0 Å². The summed E-state index contributed by atoms with van der Waals surface area (Å²) in [5, 5.41) is 9.04. The zero-order chi connectivity index (χ0) is 12.2. The van der Waals surface area contributed by atoms with Crippen LogP contribution >= 0.6 is 11.8 Å². The minimum absolute atomic E-state index is 0.142. The second-order valence-corrected chi connectivity index (χ2v) is 5.19. The van der Waals surface area contributed by atoms with Crippen molar-refractivity contribution in [2.24, 2.45) is 0 Å². The highest BCUT2D eigenvalue weighted by Crippen LogP contribution is 2.32. The lowest BCUT2D eigenvalue weighted by Gasteiger charge is -2.30. The topological polar surface area (TPSA) is 42.2 Å². The van der Waals surface area contributed by atoms with Gasteiger partial charge in [0.25, 0.3) is 0 Å². The van der Waals surface area contributed by atoms with E-state index in [0.717, 1.165) is 19.4 Å². The lowest BCUT2D eigenvalue weighted by atomic mass is 10.0. The van der Waals surface area contributed by atoms with Crippen molar-refractivity contribution in [2.45, 2.75) is 38.0 Å². The summed E-state index contributed by atoms with van der Waals surface area (Å²) in [6.45, 7) is 5.07. The van der Waals surface area contributed by atoms with Crippen LogP contribution in [-0.4, -0.2) is 26.6 Å². The van der Waals surface area contributed by atoms with Gasteiger partial charge in [-0.1, -0.05) is 13.8 Å². The van der Waals surface area contributed by atoms with Crippen LogP contribution in [0.2, 0.25) is 0 Å². The number of nitrogens with zero attached hydrogens (tertiary/aromatic N) is 1. The van der Waals surface area contributed by atoms with E-state index in [0.29, 0.717) is 5.69 Å². The first-order valence-electron chi connectivity index (χ1n) is 5.52. The summed E-state index contributed by atoms with van der Waals surface area (Å²) in [7, 11) is 0. The van der Waals surface area contributed by atoms with Gasteiger partial charge in [0, 0.05) is 17.5 Å². The van der Waals surface area contributed by atoms with Crippen molar-refractivity contribution < 1.29 is 9.90 Å². The van der Waals surface area contributed by atoms with Gasteiger partial charge in [-0.3, -0.25) is 0 Å². The van der Waals surface area contributed by atoms with Gasteiger partial charge in [-0.25, -0.2) is 4.79 Å². The van der Waals surface area contributed by atoms with Crippen LogP contribution in [0.15, 0.2) is 18.3 Å². The normalized spacial score (nSPS) is 11.7. The minimum Gasteiger partial charge on any atom is -0.477 e. The number of aromatic carboxylic acids is 1. The number of aromatic nitrogens is 1. The summed E-state index contributed by atoms with van der Waals surface area (Å²) < 4.78 is 1.98. The molecule has 0 saturated carbocycles. The molecule has 0 aromatic carbocycles. The molecule has 0 saturated heterocycles. The highest BCUT2D eigenvalue weighted by atomic mass is 32.2. The summed E-state index contributed by atoms with van der Waals surface area (Å²) in [5.41, 5.74) is 0.375. The predicted molar refractivity (Wildman–Crippen MR) is 68.2 cm³/mol. The third-order valence-corrected chi connectivity index (χ3v) is 4.80. The van der Waals surface area contributed by atoms with Gasteiger partial charge in [0.2, 0.25) is 0 Å². The Kier molecular flexibility index (Phi) is 4.47. The van der Waals surface area contributed by atoms with E-state index >= 15 is 0 Å². The number of carboxylic acid groups (broad SMARTS) is 1. The number of carboxylic acids is 1. The zero-order valence-electron chi connectivity index (χ0n) is 10.1. The molecule has 1 aromatic rings. The maximum atomic E-state index is 11.0. The van der Waals surface area contributed by atoms with Crippen molar-refractivity contribution in [1.29, 1.82) is 0 Å².